The Labute approximate surface area is 208 Å². The Morgan fingerprint density at radius 1 is 1.09 bits per heavy atom. The van der Waals surface area contributed by atoms with E-state index in [1.54, 1.807) is 6.92 Å². The summed E-state index contributed by atoms with van der Waals surface area (Å²) < 4.78 is 0. The molecule has 2 N–H and O–H groups in total. The van der Waals surface area contributed by atoms with Crippen LogP contribution in [0.5, 0.6) is 0 Å². The lowest BCUT2D eigenvalue weighted by molar-refractivity contribution is -0.133. The predicted molar refractivity (Wildman–Crippen MR) is 132 cm³/mol. The smallest absolute Gasteiger partial charge is 0.323 e. The first-order valence-electron chi connectivity index (χ1n) is 12.6. The second kappa shape index (κ2) is 8.40. The Hall–Kier alpha value is -2.81. The highest BCUT2D eigenvalue weighted by atomic mass is 32.1. The van der Waals surface area contributed by atoms with Crippen LogP contribution in [0, 0.1) is 17.8 Å². The summed E-state index contributed by atoms with van der Waals surface area (Å²) in [6.07, 6.45) is 8.75. The highest BCUT2D eigenvalue weighted by molar-refractivity contribution is 7.15. The Morgan fingerprint density at radius 3 is 2.40 bits per heavy atom. The minimum Gasteiger partial charge on any atom is -0.323 e. The standard InChI is InChI=1S/C26H31N5O3S/c1-25(8-7-16-5-3-2-4-6-16)22(33)31(24(34)28-25)15-20(32)27-23-30-29-21(35-23)26-12-17-9-18(13-26)11-19(10-17)14-26/h2-6,17-19H,7-15H2,1H3,(H,28,34)(H,27,30,32)/t17?,18?,19?,25-,26?/m0/s1. The summed E-state index contributed by atoms with van der Waals surface area (Å²) in [5, 5.41) is 15.8. The predicted octanol–water partition coefficient (Wildman–Crippen LogP) is 3.89. The Morgan fingerprint density at radius 2 is 1.74 bits per heavy atom. The molecule has 184 valence electrons. The number of hydrogen-bond donors (Lipinski definition) is 2. The highest BCUT2D eigenvalue weighted by Crippen LogP contribution is 2.61. The van der Waals surface area contributed by atoms with Gasteiger partial charge in [0.2, 0.25) is 11.0 Å². The van der Waals surface area contributed by atoms with Crippen LogP contribution in [-0.2, 0) is 21.4 Å². The lowest BCUT2D eigenvalue weighted by Crippen LogP contribution is -2.48. The van der Waals surface area contributed by atoms with Crippen molar-refractivity contribution in [3.63, 3.8) is 0 Å². The van der Waals surface area contributed by atoms with Crippen LogP contribution in [0.25, 0.3) is 0 Å². The first-order chi connectivity index (χ1) is 16.8. The van der Waals surface area contributed by atoms with E-state index in [1.807, 2.05) is 30.3 Å². The van der Waals surface area contributed by atoms with Crippen molar-refractivity contribution in [3.05, 3.63) is 40.9 Å². The molecule has 2 aromatic rings. The van der Waals surface area contributed by atoms with Crippen molar-refractivity contribution in [2.75, 3.05) is 11.9 Å². The van der Waals surface area contributed by atoms with Gasteiger partial charge in [0.25, 0.3) is 5.91 Å². The summed E-state index contributed by atoms with van der Waals surface area (Å²) in [7, 11) is 0. The number of aryl methyl sites for hydroxylation is 1. The van der Waals surface area contributed by atoms with Crippen LogP contribution in [0.1, 0.15) is 62.4 Å². The zero-order chi connectivity index (χ0) is 24.2. The monoisotopic (exact) mass is 493 g/mol. The molecule has 4 amide bonds. The number of aromatic nitrogens is 2. The molecular formula is C26H31N5O3S. The number of imide groups is 1. The van der Waals surface area contributed by atoms with Gasteiger partial charge in [-0.3, -0.25) is 19.8 Å². The molecule has 0 radical (unpaired) electrons. The Balaban J connectivity index is 1.08. The van der Waals surface area contributed by atoms with Crippen molar-refractivity contribution in [2.24, 2.45) is 17.8 Å². The van der Waals surface area contributed by atoms with Crippen LogP contribution >= 0.6 is 11.3 Å². The number of benzene rings is 1. The maximum atomic E-state index is 13.0. The summed E-state index contributed by atoms with van der Waals surface area (Å²) >= 11 is 1.46. The minimum absolute atomic E-state index is 0.126. The van der Waals surface area contributed by atoms with Gasteiger partial charge in [-0.25, -0.2) is 4.79 Å². The van der Waals surface area contributed by atoms with E-state index in [4.69, 9.17) is 0 Å². The average Bonchev–Trinajstić information content (AvgIpc) is 3.37. The normalized spacial score (nSPS) is 33.3. The molecule has 4 aliphatic carbocycles. The SMILES string of the molecule is C[C@@]1(CCc2ccccc2)NC(=O)N(CC(=O)Nc2nnc(C34CC5CC(CC(C5)C3)C4)s2)C1=O. The van der Waals surface area contributed by atoms with E-state index in [1.165, 1.54) is 49.9 Å². The minimum atomic E-state index is -1.03. The van der Waals surface area contributed by atoms with Gasteiger partial charge in [-0.2, -0.15) is 0 Å². The molecule has 9 heteroatoms. The summed E-state index contributed by atoms with van der Waals surface area (Å²) in [6, 6.07) is 9.30. The van der Waals surface area contributed by atoms with Gasteiger partial charge in [-0.15, -0.1) is 10.2 Å². The van der Waals surface area contributed by atoms with Gasteiger partial charge in [0.1, 0.15) is 17.1 Å². The summed E-state index contributed by atoms with van der Waals surface area (Å²) in [5.41, 5.74) is 0.195. The number of amides is 4. The van der Waals surface area contributed by atoms with E-state index >= 15 is 0 Å². The first-order valence-corrected chi connectivity index (χ1v) is 13.5. The molecule has 0 spiro atoms. The first kappa shape index (κ1) is 22.6. The van der Waals surface area contributed by atoms with E-state index < -0.39 is 17.5 Å². The van der Waals surface area contributed by atoms with Gasteiger partial charge in [0.15, 0.2) is 0 Å². The van der Waals surface area contributed by atoms with E-state index in [2.05, 4.69) is 20.8 Å². The van der Waals surface area contributed by atoms with Crippen molar-refractivity contribution in [2.45, 2.75) is 69.2 Å². The molecule has 5 aliphatic rings. The number of carbonyl (C=O) groups is 3. The summed E-state index contributed by atoms with van der Waals surface area (Å²) in [4.78, 5) is 39.4. The zero-order valence-corrected chi connectivity index (χ0v) is 20.8. The molecule has 4 saturated carbocycles. The molecule has 2 heterocycles. The quantitative estimate of drug-likeness (QED) is 0.570. The molecule has 1 saturated heterocycles. The summed E-state index contributed by atoms with van der Waals surface area (Å²) in [5.74, 6) is 1.60. The van der Waals surface area contributed by atoms with Crippen molar-refractivity contribution >= 4 is 34.3 Å². The van der Waals surface area contributed by atoms with Crippen molar-refractivity contribution in [1.82, 2.24) is 20.4 Å². The molecule has 1 aliphatic heterocycles. The largest absolute Gasteiger partial charge is 0.325 e. The molecule has 7 rings (SSSR count). The van der Waals surface area contributed by atoms with Gasteiger partial charge < -0.3 is 5.32 Å². The molecule has 1 atom stereocenters. The number of hydrogen-bond acceptors (Lipinski definition) is 6. The highest BCUT2D eigenvalue weighted by Gasteiger charge is 2.53. The van der Waals surface area contributed by atoms with Crippen LogP contribution in [0.4, 0.5) is 9.93 Å². The van der Waals surface area contributed by atoms with Crippen LogP contribution in [0.15, 0.2) is 30.3 Å². The van der Waals surface area contributed by atoms with Crippen molar-refractivity contribution in [3.8, 4) is 0 Å². The third-order valence-electron chi connectivity index (χ3n) is 8.57. The number of anilines is 1. The van der Waals surface area contributed by atoms with Crippen molar-refractivity contribution < 1.29 is 14.4 Å². The van der Waals surface area contributed by atoms with Gasteiger partial charge in [-0.05, 0) is 81.6 Å². The Kier molecular flexibility index (Phi) is 5.43. The topological polar surface area (TPSA) is 104 Å². The second-order valence-electron chi connectivity index (χ2n) is 11.3. The fourth-order valence-electron chi connectivity index (χ4n) is 7.26. The van der Waals surface area contributed by atoms with Crippen LogP contribution in [0.3, 0.4) is 0 Å². The molecule has 8 nitrogen and oxygen atoms in total. The molecule has 1 aromatic carbocycles. The van der Waals surface area contributed by atoms with Gasteiger partial charge in [-0.1, -0.05) is 41.7 Å². The molecule has 5 fully saturated rings. The average molecular weight is 494 g/mol. The van der Waals surface area contributed by atoms with E-state index in [0.717, 1.165) is 33.2 Å². The lowest BCUT2D eigenvalue weighted by atomic mass is 9.50. The van der Waals surface area contributed by atoms with Gasteiger partial charge >= 0.3 is 6.03 Å². The number of urea groups is 1. The van der Waals surface area contributed by atoms with Crippen LogP contribution in [-0.4, -0.2) is 45.0 Å². The van der Waals surface area contributed by atoms with E-state index in [9.17, 15) is 14.4 Å². The fraction of sp³-hybridized carbons (Fsp3) is 0.577. The van der Waals surface area contributed by atoms with E-state index in [-0.39, 0.29) is 17.9 Å². The third kappa shape index (κ3) is 4.13. The van der Waals surface area contributed by atoms with Gasteiger partial charge in [0.05, 0.1) is 0 Å². The van der Waals surface area contributed by atoms with Crippen LogP contribution in [0.2, 0.25) is 0 Å². The molecule has 35 heavy (non-hydrogen) atoms. The van der Waals surface area contributed by atoms with Crippen LogP contribution < -0.4 is 10.6 Å². The molecule has 1 aromatic heterocycles. The maximum Gasteiger partial charge on any atom is 0.325 e. The van der Waals surface area contributed by atoms with Crippen molar-refractivity contribution in [1.29, 1.82) is 0 Å². The number of nitrogens with zero attached hydrogens (tertiary/aromatic N) is 3. The molecule has 0 unspecified atom stereocenters. The lowest BCUT2D eigenvalue weighted by Gasteiger charge is -2.55. The Bertz CT molecular complexity index is 1130. The van der Waals surface area contributed by atoms with E-state index in [0.29, 0.717) is 18.0 Å². The summed E-state index contributed by atoms with van der Waals surface area (Å²) in [6.45, 7) is 1.38. The zero-order valence-electron chi connectivity index (χ0n) is 20.0. The number of carbonyl (C=O) groups excluding carboxylic acids is 3. The maximum absolute atomic E-state index is 13.0. The second-order valence-corrected chi connectivity index (χ2v) is 12.3. The molecular weight excluding hydrogens is 462 g/mol. The number of nitrogens with one attached hydrogen (secondary N) is 2. The molecule has 4 bridgehead atoms. The van der Waals surface area contributed by atoms with Gasteiger partial charge in [0, 0.05) is 5.41 Å². The number of rotatable bonds is 7. The fourth-order valence-corrected chi connectivity index (χ4v) is 8.24. The third-order valence-corrected chi connectivity index (χ3v) is 9.65.